The van der Waals surface area contributed by atoms with Crippen LogP contribution in [0.4, 0.5) is 0 Å². The van der Waals surface area contributed by atoms with E-state index in [1.807, 2.05) is 31.2 Å². The van der Waals surface area contributed by atoms with Crippen LogP contribution in [0.25, 0.3) is 11.4 Å². The van der Waals surface area contributed by atoms with Gasteiger partial charge in [0, 0.05) is 12.1 Å². The van der Waals surface area contributed by atoms with Crippen LogP contribution in [0.1, 0.15) is 12.2 Å². The smallest absolute Gasteiger partial charge is 0.305 e. The van der Waals surface area contributed by atoms with Crippen LogP contribution in [-0.2, 0) is 11.3 Å². The number of aliphatic carboxylic acids is 1. The van der Waals surface area contributed by atoms with Gasteiger partial charge < -0.3 is 14.4 Å². The lowest BCUT2D eigenvalue weighted by Gasteiger charge is -2.07. The van der Waals surface area contributed by atoms with E-state index < -0.39 is 5.97 Å². The van der Waals surface area contributed by atoms with Crippen molar-refractivity contribution in [3.8, 4) is 17.1 Å². The summed E-state index contributed by atoms with van der Waals surface area (Å²) >= 11 is 0. The molecule has 2 rings (SSSR count). The Balaban J connectivity index is 2.30. The quantitative estimate of drug-likeness (QED) is 0.887. The molecule has 0 aliphatic carbocycles. The van der Waals surface area contributed by atoms with Crippen molar-refractivity contribution in [3.63, 3.8) is 0 Å². The van der Waals surface area contributed by atoms with Crippen molar-refractivity contribution in [3.05, 3.63) is 30.1 Å². The number of carboxylic acid groups (broad SMARTS) is 1. The summed E-state index contributed by atoms with van der Waals surface area (Å²) in [5.74, 6) is 1.29. The number of methoxy groups -OCH3 is 1. The largest absolute Gasteiger partial charge is 0.497 e. The number of aromatic nitrogens is 3. The first-order chi connectivity index (χ1) is 9.11. The predicted molar refractivity (Wildman–Crippen MR) is 69.0 cm³/mol. The molecule has 6 nitrogen and oxygen atoms in total. The molecule has 100 valence electrons. The third kappa shape index (κ3) is 2.90. The average molecular weight is 261 g/mol. The standard InChI is InChI=1S/C13H15N3O3/c1-9-14-15-13(16(9)8-7-12(17)18)10-3-5-11(19-2)6-4-10/h3-6H,7-8H2,1-2H3,(H,17,18). The molecule has 0 fully saturated rings. The van der Waals surface area contributed by atoms with Gasteiger partial charge in [0.05, 0.1) is 13.5 Å². The lowest BCUT2D eigenvalue weighted by atomic mass is 10.2. The molecular weight excluding hydrogens is 246 g/mol. The highest BCUT2D eigenvalue weighted by molar-refractivity contribution is 5.66. The molecule has 0 spiro atoms. The van der Waals surface area contributed by atoms with E-state index in [0.29, 0.717) is 18.2 Å². The van der Waals surface area contributed by atoms with Crippen LogP contribution in [0.5, 0.6) is 5.75 Å². The Morgan fingerprint density at radius 2 is 2.00 bits per heavy atom. The highest BCUT2D eigenvalue weighted by Gasteiger charge is 2.12. The maximum absolute atomic E-state index is 10.7. The second kappa shape index (κ2) is 5.51. The predicted octanol–water partition coefficient (Wildman–Crippen LogP) is 1.74. The number of ether oxygens (including phenoxy) is 1. The van der Waals surface area contributed by atoms with E-state index in [2.05, 4.69) is 10.2 Å². The van der Waals surface area contributed by atoms with E-state index in [-0.39, 0.29) is 6.42 Å². The minimum Gasteiger partial charge on any atom is -0.497 e. The van der Waals surface area contributed by atoms with E-state index in [4.69, 9.17) is 9.84 Å². The molecule has 0 saturated carbocycles. The van der Waals surface area contributed by atoms with Crippen LogP contribution in [0, 0.1) is 6.92 Å². The average Bonchev–Trinajstić information content (AvgIpc) is 2.78. The fraction of sp³-hybridized carbons (Fsp3) is 0.308. The molecule has 0 bridgehead atoms. The summed E-state index contributed by atoms with van der Waals surface area (Å²) < 4.78 is 6.90. The maximum Gasteiger partial charge on any atom is 0.305 e. The van der Waals surface area contributed by atoms with Gasteiger partial charge in [-0.05, 0) is 31.2 Å². The van der Waals surface area contributed by atoms with Gasteiger partial charge in [-0.3, -0.25) is 4.79 Å². The van der Waals surface area contributed by atoms with Gasteiger partial charge in [0.25, 0.3) is 0 Å². The topological polar surface area (TPSA) is 77.2 Å². The fourth-order valence-corrected chi connectivity index (χ4v) is 1.81. The molecule has 2 aromatic rings. The number of hydrogen-bond acceptors (Lipinski definition) is 4. The molecule has 19 heavy (non-hydrogen) atoms. The van der Waals surface area contributed by atoms with E-state index in [0.717, 1.165) is 11.3 Å². The van der Waals surface area contributed by atoms with Crippen LogP contribution >= 0.6 is 0 Å². The van der Waals surface area contributed by atoms with Crippen molar-refractivity contribution >= 4 is 5.97 Å². The molecular formula is C13H15N3O3. The van der Waals surface area contributed by atoms with E-state index in [1.54, 1.807) is 11.7 Å². The summed E-state index contributed by atoms with van der Waals surface area (Å²) in [6.07, 6.45) is 0.0437. The normalized spacial score (nSPS) is 10.4. The lowest BCUT2D eigenvalue weighted by molar-refractivity contribution is -0.137. The van der Waals surface area contributed by atoms with E-state index >= 15 is 0 Å². The van der Waals surface area contributed by atoms with Gasteiger partial charge >= 0.3 is 5.97 Å². The zero-order valence-corrected chi connectivity index (χ0v) is 10.8. The Hall–Kier alpha value is -2.37. The van der Waals surface area contributed by atoms with Gasteiger partial charge in [-0.15, -0.1) is 10.2 Å². The molecule has 0 unspecified atom stereocenters. The van der Waals surface area contributed by atoms with Crippen molar-refractivity contribution in [2.45, 2.75) is 19.9 Å². The molecule has 1 heterocycles. The fourth-order valence-electron chi connectivity index (χ4n) is 1.81. The molecule has 1 aromatic carbocycles. The monoisotopic (exact) mass is 261 g/mol. The molecule has 1 aromatic heterocycles. The van der Waals surface area contributed by atoms with Crippen molar-refractivity contribution in [2.24, 2.45) is 0 Å². The van der Waals surface area contributed by atoms with Crippen molar-refractivity contribution < 1.29 is 14.6 Å². The van der Waals surface area contributed by atoms with Crippen LogP contribution in [0.3, 0.4) is 0 Å². The third-order valence-electron chi connectivity index (χ3n) is 2.83. The van der Waals surface area contributed by atoms with Gasteiger partial charge in [-0.2, -0.15) is 0 Å². The van der Waals surface area contributed by atoms with Crippen molar-refractivity contribution in [1.29, 1.82) is 0 Å². The minimum absolute atomic E-state index is 0.0437. The zero-order valence-electron chi connectivity index (χ0n) is 10.8. The summed E-state index contributed by atoms with van der Waals surface area (Å²) in [6, 6.07) is 7.42. The maximum atomic E-state index is 10.7. The molecule has 1 N–H and O–H groups in total. The Bertz CT molecular complexity index is 575. The Labute approximate surface area is 110 Å². The van der Waals surface area contributed by atoms with Gasteiger partial charge in [0.1, 0.15) is 11.6 Å². The summed E-state index contributed by atoms with van der Waals surface area (Å²) in [5.41, 5.74) is 0.881. The van der Waals surface area contributed by atoms with E-state index in [1.165, 1.54) is 0 Å². The minimum atomic E-state index is -0.839. The first kappa shape index (κ1) is 13.1. The highest BCUT2D eigenvalue weighted by atomic mass is 16.5. The first-order valence-corrected chi connectivity index (χ1v) is 5.88. The molecule has 0 radical (unpaired) electrons. The van der Waals surface area contributed by atoms with E-state index in [9.17, 15) is 4.79 Å². The summed E-state index contributed by atoms with van der Waals surface area (Å²) in [7, 11) is 1.61. The molecule has 0 atom stereocenters. The lowest BCUT2D eigenvalue weighted by Crippen LogP contribution is -2.07. The van der Waals surface area contributed by atoms with Crippen molar-refractivity contribution in [2.75, 3.05) is 7.11 Å². The SMILES string of the molecule is COc1ccc(-c2nnc(C)n2CCC(=O)O)cc1. The second-order valence-electron chi connectivity index (χ2n) is 4.09. The second-order valence-corrected chi connectivity index (χ2v) is 4.09. The number of nitrogens with zero attached hydrogens (tertiary/aromatic N) is 3. The summed E-state index contributed by atoms with van der Waals surface area (Å²) in [5, 5.41) is 16.9. The van der Waals surface area contributed by atoms with Gasteiger partial charge in [0.2, 0.25) is 0 Å². The number of carbonyl (C=O) groups is 1. The van der Waals surface area contributed by atoms with Crippen LogP contribution < -0.4 is 4.74 Å². The Kier molecular flexibility index (Phi) is 3.79. The number of rotatable bonds is 5. The summed E-state index contributed by atoms with van der Waals surface area (Å²) in [4.78, 5) is 10.7. The molecule has 0 aliphatic heterocycles. The summed E-state index contributed by atoms with van der Waals surface area (Å²) in [6.45, 7) is 2.16. The Morgan fingerprint density at radius 3 is 2.58 bits per heavy atom. The van der Waals surface area contributed by atoms with Crippen LogP contribution in [0.15, 0.2) is 24.3 Å². The zero-order chi connectivity index (χ0) is 13.8. The van der Waals surface area contributed by atoms with Gasteiger partial charge in [0.15, 0.2) is 5.82 Å². The Morgan fingerprint density at radius 1 is 1.32 bits per heavy atom. The molecule has 6 heteroatoms. The number of aryl methyl sites for hydroxylation is 1. The molecule has 0 amide bonds. The van der Waals surface area contributed by atoms with Gasteiger partial charge in [-0.25, -0.2) is 0 Å². The number of hydrogen-bond donors (Lipinski definition) is 1. The van der Waals surface area contributed by atoms with Crippen LogP contribution in [-0.4, -0.2) is 33.0 Å². The third-order valence-corrected chi connectivity index (χ3v) is 2.83. The number of carboxylic acids is 1. The number of benzene rings is 1. The molecule has 0 saturated heterocycles. The van der Waals surface area contributed by atoms with Crippen LogP contribution in [0.2, 0.25) is 0 Å². The highest BCUT2D eigenvalue weighted by Crippen LogP contribution is 2.21. The first-order valence-electron chi connectivity index (χ1n) is 5.88. The van der Waals surface area contributed by atoms with Crippen molar-refractivity contribution in [1.82, 2.24) is 14.8 Å². The molecule has 0 aliphatic rings. The van der Waals surface area contributed by atoms with Gasteiger partial charge in [-0.1, -0.05) is 0 Å².